The largest absolute Gasteiger partial charge is 0.419 e. The Balaban J connectivity index is 1.36. The van der Waals surface area contributed by atoms with Crippen LogP contribution in [0.15, 0.2) is 64.2 Å². The molecule has 8 heteroatoms. The molecule has 170 valence electrons. The van der Waals surface area contributed by atoms with E-state index < -0.39 is 0 Å². The topological polar surface area (TPSA) is 72.9 Å². The van der Waals surface area contributed by atoms with E-state index in [1.165, 1.54) is 24.0 Å². The van der Waals surface area contributed by atoms with E-state index >= 15 is 0 Å². The Hall–Kier alpha value is -2.97. The first-order valence-corrected chi connectivity index (χ1v) is 12.3. The zero-order chi connectivity index (χ0) is 22.6. The smallest absolute Gasteiger partial charge is 0.247 e. The molecule has 0 radical (unpaired) electrons. The van der Waals surface area contributed by atoms with Gasteiger partial charge in [0.25, 0.3) is 0 Å². The monoisotopic (exact) mass is 460 g/mol. The number of hydrogen-bond acceptors (Lipinski definition) is 7. The maximum Gasteiger partial charge on any atom is 0.247 e. The normalized spacial score (nSPS) is 15.2. The van der Waals surface area contributed by atoms with Crippen molar-refractivity contribution in [1.82, 2.24) is 29.9 Å². The molecule has 1 aliphatic rings. The van der Waals surface area contributed by atoms with Crippen molar-refractivity contribution in [2.24, 2.45) is 0 Å². The molecule has 4 aromatic rings. The average Bonchev–Trinajstić information content (AvgIpc) is 3.59. The van der Waals surface area contributed by atoms with Gasteiger partial charge in [-0.15, -0.1) is 20.4 Å². The number of aryl methyl sites for hydroxylation is 1. The van der Waals surface area contributed by atoms with Crippen molar-refractivity contribution in [3.63, 3.8) is 0 Å². The van der Waals surface area contributed by atoms with Gasteiger partial charge in [-0.3, -0.25) is 4.90 Å². The van der Waals surface area contributed by atoms with Crippen LogP contribution in [0.2, 0.25) is 0 Å². The van der Waals surface area contributed by atoms with Gasteiger partial charge in [-0.25, -0.2) is 0 Å². The maximum absolute atomic E-state index is 6.01. The summed E-state index contributed by atoms with van der Waals surface area (Å²) >= 11 is 1.61. The van der Waals surface area contributed by atoms with Crippen LogP contribution in [0.25, 0.3) is 11.5 Å². The van der Waals surface area contributed by atoms with E-state index in [1.54, 1.807) is 11.8 Å². The summed E-state index contributed by atoms with van der Waals surface area (Å²) < 4.78 is 8.24. The van der Waals surface area contributed by atoms with Crippen LogP contribution in [-0.4, -0.2) is 43.0 Å². The van der Waals surface area contributed by atoms with E-state index in [2.05, 4.69) is 68.0 Å². The first kappa shape index (κ1) is 21.9. The van der Waals surface area contributed by atoms with Crippen LogP contribution in [0.3, 0.4) is 0 Å². The Bertz CT molecular complexity index is 1180. The molecule has 7 nitrogen and oxygen atoms in total. The first-order valence-electron chi connectivity index (χ1n) is 11.4. The molecule has 2 aromatic heterocycles. The highest BCUT2D eigenvalue weighted by molar-refractivity contribution is 7.99. The number of thioether (sulfide) groups is 1. The van der Waals surface area contributed by atoms with Crippen molar-refractivity contribution < 1.29 is 4.42 Å². The number of nitrogens with zero attached hydrogens (tertiary/aromatic N) is 6. The van der Waals surface area contributed by atoms with E-state index in [0.29, 0.717) is 11.8 Å². The zero-order valence-corrected chi connectivity index (χ0v) is 19.8. The number of hydrogen-bond donors (Lipinski definition) is 0. The van der Waals surface area contributed by atoms with Gasteiger partial charge in [0.05, 0.1) is 18.3 Å². The van der Waals surface area contributed by atoms with Gasteiger partial charge in [0.15, 0.2) is 5.16 Å². The number of likely N-dealkylation sites (tertiary alicyclic amines) is 1. The lowest BCUT2D eigenvalue weighted by Crippen LogP contribution is -2.21. The molecule has 33 heavy (non-hydrogen) atoms. The molecule has 0 bridgehead atoms. The van der Waals surface area contributed by atoms with Gasteiger partial charge >= 0.3 is 0 Å². The lowest BCUT2D eigenvalue weighted by molar-refractivity contribution is 0.316. The van der Waals surface area contributed by atoms with Crippen molar-refractivity contribution in [1.29, 1.82) is 0 Å². The second-order valence-electron chi connectivity index (χ2n) is 8.53. The van der Waals surface area contributed by atoms with Crippen LogP contribution in [0.5, 0.6) is 0 Å². The highest BCUT2D eigenvalue weighted by atomic mass is 32.2. The number of rotatable bonds is 8. The van der Waals surface area contributed by atoms with Gasteiger partial charge < -0.3 is 8.98 Å². The Kier molecular flexibility index (Phi) is 6.55. The molecule has 3 heterocycles. The third-order valence-corrected chi connectivity index (χ3v) is 6.98. The van der Waals surface area contributed by atoms with Crippen molar-refractivity contribution in [3.8, 4) is 11.5 Å². The molecule has 5 rings (SSSR count). The minimum Gasteiger partial charge on any atom is -0.419 e. The fourth-order valence-electron chi connectivity index (χ4n) is 4.01. The number of aromatic nitrogens is 5. The van der Waals surface area contributed by atoms with Crippen LogP contribution in [0.4, 0.5) is 0 Å². The van der Waals surface area contributed by atoms with E-state index in [4.69, 9.17) is 4.42 Å². The van der Waals surface area contributed by atoms with Crippen LogP contribution in [0.1, 0.15) is 47.9 Å². The SMILES string of the molecule is Cc1ccc(-c2nnc(C(C)Sc3nnc(CN4CCCC4)n3Cc3ccccc3)o2)cc1. The fourth-order valence-corrected chi connectivity index (χ4v) is 4.91. The lowest BCUT2D eigenvalue weighted by Gasteiger charge is -2.16. The van der Waals surface area contributed by atoms with Gasteiger partial charge in [0.1, 0.15) is 5.82 Å². The van der Waals surface area contributed by atoms with Gasteiger partial charge in [0, 0.05) is 5.56 Å². The first-order chi connectivity index (χ1) is 16.2. The molecule has 0 N–H and O–H groups in total. The molecular formula is C25H28N6OS. The molecule has 1 aliphatic heterocycles. The minimum atomic E-state index is -0.0462. The Labute approximate surface area is 198 Å². The molecule has 2 aromatic carbocycles. The van der Waals surface area contributed by atoms with E-state index in [9.17, 15) is 0 Å². The Morgan fingerprint density at radius 2 is 1.67 bits per heavy atom. The highest BCUT2D eigenvalue weighted by Gasteiger charge is 2.23. The second kappa shape index (κ2) is 9.89. The summed E-state index contributed by atoms with van der Waals surface area (Å²) in [4.78, 5) is 2.45. The zero-order valence-electron chi connectivity index (χ0n) is 19.0. The van der Waals surface area contributed by atoms with Crippen LogP contribution in [-0.2, 0) is 13.1 Å². The Morgan fingerprint density at radius 3 is 2.42 bits per heavy atom. The van der Waals surface area contributed by atoms with E-state index in [1.807, 2.05) is 30.3 Å². The van der Waals surface area contributed by atoms with Crippen LogP contribution >= 0.6 is 11.8 Å². The lowest BCUT2D eigenvalue weighted by atomic mass is 10.1. The van der Waals surface area contributed by atoms with Crippen molar-refractivity contribution in [3.05, 3.63) is 77.4 Å². The summed E-state index contributed by atoms with van der Waals surface area (Å²) in [7, 11) is 0. The second-order valence-corrected chi connectivity index (χ2v) is 9.83. The summed E-state index contributed by atoms with van der Waals surface area (Å²) in [5.41, 5.74) is 3.36. The quantitative estimate of drug-likeness (QED) is 0.337. The molecule has 0 aliphatic carbocycles. The molecular weight excluding hydrogens is 432 g/mol. The van der Waals surface area contributed by atoms with Gasteiger partial charge in [-0.05, 0) is 57.5 Å². The maximum atomic E-state index is 6.01. The molecule has 1 fully saturated rings. The third kappa shape index (κ3) is 5.17. The van der Waals surface area contributed by atoms with Crippen LogP contribution < -0.4 is 0 Å². The molecule has 0 spiro atoms. The van der Waals surface area contributed by atoms with Gasteiger partial charge in [-0.1, -0.05) is 59.8 Å². The molecule has 0 saturated carbocycles. The highest BCUT2D eigenvalue weighted by Crippen LogP contribution is 2.35. The summed E-state index contributed by atoms with van der Waals surface area (Å²) in [6, 6.07) is 18.6. The van der Waals surface area contributed by atoms with E-state index in [0.717, 1.165) is 42.7 Å². The Morgan fingerprint density at radius 1 is 0.909 bits per heavy atom. The molecule has 1 saturated heterocycles. The van der Waals surface area contributed by atoms with Gasteiger partial charge in [0.2, 0.25) is 11.8 Å². The minimum absolute atomic E-state index is 0.0462. The summed E-state index contributed by atoms with van der Waals surface area (Å²) in [6.45, 7) is 7.95. The molecule has 1 atom stereocenters. The summed E-state index contributed by atoms with van der Waals surface area (Å²) in [6.07, 6.45) is 2.51. The van der Waals surface area contributed by atoms with Crippen molar-refractivity contribution in [2.75, 3.05) is 13.1 Å². The third-order valence-electron chi connectivity index (χ3n) is 5.91. The van der Waals surface area contributed by atoms with E-state index in [-0.39, 0.29) is 5.25 Å². The number of benzene rings is 2. The standard InChI is InChI=1S/C25H28N6OS/c1-18-10-12-21(13-11-18)24-28-27-23(32-24)19(2)33-25-29-26-22(17-30-14-6-7-15-30)31(25)16-20-8-4-3-5-9-20/h3-5,8-13,19H,6-7,14-17H2,1-2H3. The molecule has 0 amide bonds. The summed E-state index contributed by atoms with van der Waals surface area (Å²) in [5.74, 6) is 2.13. The fraction of sp³-hybridized carbons (Fsp3) is 0.360. The van der Waals surface area contributed by atoms with Crippen molar-refractivity contribution >= 4 is 11.8 Å². The average molecular weight is 461 g/mol. The van der Waals surface area contributed by atoms with Crippen molar-refractivity contribution in [2.45, 2.75) is 50.2 Å². The predicted molar refractivity (Wildman–Crippen MR) is 129 cm³/mol. The predicted octanol–water partition coefficient (Wildman–Crippen LogP) is 5.13. The van der Waals surface area contributed by atoms with Crippen LogP contribution in [0, 0.1) is 6.92 Å². The summed E-state index contributed by atoms with van der Waals surface area (Å²) in [5, 5.41) is 18.5. The van der Waals surface area contributed by atoms with Gasteiger partial charge in [-0.2, -0.15) is 0 Å². The molecule has 1 unspecified atom stereocenters.